The summed E-state index contributed by atoms with van der Waals surface area (Å²) in [6.45, 7) is 7.46. The third-order valence-corrected chi connectivity index (χ3v) is 5.17. The molecule has 132 valence electrons. The van der Waals surface area contributed by atoms with E-state index in [0.29, 0.717) is 5.56 Å². The Morgan fingerprint density at radius 3 is 2.32 bits per heavy atom. The summed E-state index contributed by atoms with van der Waals surface area (Å²) in [6, 6.07) is 14.0. The van der Waals surface area contributed by atoms with Crippen LogP contribution in [0.2, 0.25) is 0 Å². The van der Waals surface area contributed by atoms with Crippen molar-refractivity contribution in [2.75, 3.05) is 18.4 Å². The molecule has 2 aromatic rings. The molecule has 0 spiro atoms. The van der Waals surface area contributed by atoms with E-state index in [-0.39, 0.29) is 5.91 Å². The van der Waals surface area contributed by atoms with Crippen LogP contribution < -0.4 is 5.32 Å². The number of nitrogens with zero attached hydrogens (tertiary/aromatic N) is 1. The van der Waals surface area contributed by atoms with E-state index in [9.17, 15) is 4.79 Å². The highest BCUT2D eigenvalue weighted by Gasteiger charge is 2.11. The van der Waals surface area contributed by atoms with E-state index in [0.717, 1.165) is 17.8 Å². The van der Waals surface area contributed by atoms with E-state index < -0.39 is 0 Å². The number of benzene rings is 2. The van der Waals surface area contributed by atoms with Crippen LogP contribution in [0, 0.1) is 13.8 Å². The standard InChI is InChI=1S/C22H28N2O/c1-17-8-7-9-21(18(17)2)23-22(25)20-12-10-19(11-13-20)16-24-14-5-3-4-6-15-24/h7-13H,3-6,14-16H2,1-2H3,(H,23,25). The minimum absolute atomic E-state index is 0.0463. The van der Waals surface area contributed by atoms with Crippen molar-refractivity contribution in [3.63, 3.8) is 0 Å². The van der Waals surface area contributed by atoms with Crippen LogP contribution in [0.3, 0.4) is 0 Å². The van der Waals surface area contributed by atoms with Gasteiger partial charge in [0.15, 0.2) is 0 Å². The third-order valence-electron chi connectivity index (χ3n) is 5.17. The number of hydrogen-bond acceptors (Lipinski definition) is 2. The molecule has 0 unspecified atom stereocenters. The van der Waals surface area contributed by atoms with Gasteiger partial charge >= 0.3 is 0 Å². The normalized spacial score (nSPS) is 15.6. The largest absolute Gasteiger partial charge is 0.322 e. The number of hydrogen-bond donors (Lipinski definition) is 1. The lowest BCUT2D eigenvalue weighted by Crippen LogP contribution is -2.24. The molecule has 1 saturated heterocycles. The van der Waals surface area contributed by atoms with E-state index in [2.05, 4.69) is 35.3 Å². The molecule has 0 aromatic heterocycles. The molecule has 1 aliphatic heterocycles. The zero-order valence-electron chi connectivity index (χ0n) is 15.3. The van der Waals surface area contributed by atoms with Crippen molar-refractivity contribution in [2.24, 2.45) is 0 Å². The Labute approximate surface area is 151 Å². The van der Waals surface area contributed by atoms with Crippen LogP contribution in [0.15, 0.2) is 42.5 Å². The Bertz CT molecular complexity index is 713. The maximum atomic E-state index is 12.5. The zero-order chi connectivity index (χ0) is 17.6. The number of carbonyl (C=O) groups is 1. The van der Waals surface area contributed by atoms with Crippen molar-refractivity contribution in [1.29, 1.82) is 0 Å². The summed E-state index contributed by atoms with van der Waals surface area (Å²) in [5.41, 5.74) is 5.18. The maximum Gasteiger partial charge on any atom is 0.255 e. The predicted molar refractivity (Wildman–Crippen MR) is 104 cm³/mol. The Morgan fingerprint density at radius 2 is 1.64 bits per heavy atom. The zero-order valence-corrected chi connectivity index (χ0v) is 15.3. The van der Waals surface area contributed by atoms with Crippen molar-refractivity contribution < 1.29 is 4.79 Å². The topological polar surface area (TPSA) is 32.3 Å². The molecular formula is C22H28N2O. The van der Waals surface area contributed by atoms with Crippen LogP contribution in [0.25, 0.3) is 0 Å². The average molecular weight is 336 g/mol. The molecule has 0 aliphatic carbocycles. The molecule has 3 heteroatoms. The first-order valence-electron chi connectivity index (χ1n) is 9.32. The number of amides is 1. The second-order valence-electron chi connectivity index (χ2n) is 7.09. The molecule has 1 heterocycles. The van der Waals surface area contributed by atoms with Gasteiger partial charge in [-0.1, -0.05) is 37.1 Å². The summed E-state index contributed by atoms with van der Waals surface area (Å²) in [5.74, 6) is -0.0463. The van der Waals surface area contributed by atoms with Crippen LogP contribution >= 0.6 is 0 Å². The van der Waals surface area contributed by atoms with Crippen molar-refractivity contribution in [3.8, 4) is 0 Å². The SMILES string of the molecule is Cc1cccc(NC(=O)c2ccc(CN3CCCCCC3)cc2)c1C. The number of nitrogens with one attached hydrogen (secondary N) is 1. The van der Waals surface area contributed by atoms with Gasteiger partial charge in [0.2, 0.25) is 0 Å². The monoisotopic (exact) mass is 336 g/mol. The molecule has 25 heavy (non-hydrogen) atoms. The minimum Gasteiger partial charge on any atom is -0.322 e. The summed E-state index contributed by atoms with van der Waals surface area (Å²) in [4.78, 5) is 15.0. The Hall–Kier alpha value is -2.13. The van der Waals surface area contributed by atoms with Crippen LogP contribution in [0.5, 0.6) is 0 Å². The van der Waals surface area contributed by atoms with Crippen molar-refractivity contribution in [2.45, 2.75) is 46.1 Å². The first-order chi connectivity index (χ1) is 12.1. The average Bonchev–Trinajstić information content (AvgIpc) is 2.88. The lowest BCUT2D eigenvalue weighted by Gasteiger charge is -2.19. The fourth-order valence-electron chi connectivity index (χ4n) is 3.40. The van der Waals surface area contributed by atoms with Gasteiger partial charge in [-0.2, -0.15) is 0 Å². The lowest BCUT2D eigenvalue weighted by atomic mass is 10.1. The van der Waals surface area contributed by atoms with Gasteiger partial charge in [-0.25, -0.2) is 0 Å². The molecule has 0 atom stereocenters. The summed E-state index contributed by atoms with van der Waals surface area (Å²) >= 11 is 0. The van der Waals surface area contributed by atoms with Crippen LogP contribution in [0.1, 0.15) is 52.7 Å². The molecular weight excluding hydrogens is 308 g/mol. The molecule has 1 amide bonds. The molecule has 0 bridgehead atoms. The van der Waals surface area contributed by atoms with Crippen molar-refractivity contribution in [1.82, 2.24) is 4.90 Å². The second-order valence-corrected chi connectivity index (χ2v) is 7.09. The van der Waals surface area contributed by atoms with Gasteiger partial charge in [-0.3, -0.25) is 9.69 Å². The van der Waals surface area contributed by atoms with Gasteiger partial charge in [0.1, 0.15) is 0 Å². The molecule has 1 aliphatic rings. The van der Waals surface area contributed by atoms with E-state index >= 15 is 0 Å². The molecule has 3 nitrogen and oxygen atoms in total. The Morgan fingerprint density at radius 1 is 0.960 bits per heavy atom. The highest BCUT2D eigenvalue weighted by molar-refractivity contribution is 6.04. The summed E-state index contributed by atoms with van der Waals surface area (Å²) in [6.07, 6.45) is 5.31. The van der Waals surface area contributed by atoms with Gasteiger partial charge in [-0.15, -0.1) is 0 Å². The van der Waals surface area contributed by atoms with Crippen LogP contribution in [0.4, 0.5) is 5.69 Å². The first kappa shape index (κ1) is 17.7. The fourth-order valence-corrected chi connectivity index (χ4v) is 3.40. The molecule has 0 radical (unpaired) electrons. The molecule has 0 saturated carbocycles. The van der Waals surface area contributed by atoms with Gasteiger partial charge in [0, 0.05) is 17.8 Å². The van der Waals surface area contributed by atoms with Gasteiger partial charge in [0.05, 0.1) is 0 Å². The van der Waals surface area contributed by atoms with E-state index in [1.54, 1.807) is 0 Å². The highest BCUT2D eigenvalue weighted by atomic mass is 16.1. The molecule has 1 fully saturated rings. The minimum atomic E-state index is -0.0463. The number of rotatable bonds is 4. The summed E-state index contributed by atoms with van der Waals surface area (Å²) in [7, 11) is 0. The van der Waals surface area contributed by atoms with Crippen molar-refractivity contribution in [3.05, 3.63) is 64.7 Å². The predicted octanol–water partition coefficient (Wildman–Crippen LogP) is 4.93. The van der Waals surface area contributed by atoms with E-state index in [1.807, 2.05) is 31.2 Å². The van der Waals surface area contributed by atoms with Crippen molar-refractivity contribution >= 4 is 11.6 Å². The number of aryl methyl sites for hydroxylation is 1. The number of carbonyl (C=O) groups excluding carboxylic acids is 1. The second kappa shape index (κ2) is 8.30. The van der Waals surface area contributed by atoms with Gasteiger partial charge in [0.25, 0.3) is 5.91 Å². The highest BCUT2D eigenvalue weighted by Crippen LogP contribution is 2.19. The Balaban J connectivity index is 1.63. The molecule has 2 aromatic carbocycles. The number of likely N-dealkylation sites (tertiary alicyclic amines) is 1. The summed E-state index contributed by atoms with van der Waals surface area (Å²) < 4.78 is 0. The van der Waals surface area contributed by atoms with E-state index in [1.165, 1.54) is 49.9 Å². The lowest BCUT2D eigenvalue weighted by molar-refractivity contribution is 0.102. The van der Waals surface area contributed by atoms with Gasteiger partial charge in [-0.05, 0) is 74.7 Å². The molecule has 3 rings (SSSR count). The Kier molecular flexibility index (Phi) is 5.87. The van der Waals surface area contributed by atoms with E-state index in [4.69, 9.17) is 0 Å². The maximum absolute atomic E-state index is 12.5. The van der Waals surface area contributed by atoms with Gasteiger partial charge < -0.3 is 5.32 Å². The quantitative estimate of drug-likeness (QED) is 0.858. The summed E-state index contributed by atoms with van der Waals surface area (Å²) in [5, 5.41) is 3.03. The van der Waals surface area contributed by atoms with Crippen LogP contribution in [-0.4, -0.2) is 23.9 Å². The molecule has 1 N–H and O–H groups in total. The number of anilines is 1. The smallest absolute Gasteiger partial charge is 0.255 e. The third kappa shape index (κ3) is 4.70. The first-order valence-corrected chi connectivity index (χ1v) is 9.32. The fraction of sp³-hybridized carbons (Fsp3) is 0.409. The van der Waals surface area contributed by atoms with Crippen LogP contribution in [-0.2, 0) is 6.54 Å².